The number of ether oxygens (including phenoxy) is 3. The van der Waals surface area contributed by atoms with Crippen molar-refractivity contribution in [3.8, 4) is 28.6 Å². The standard InChI is InChI=1S/C28H37N3O4/c1-19(2)15-21(18-30-13-9-6-10-14-30)31-27(29-23-12-8-7-11-22(23)28(31)32)20-16-24(33-3)26(35-5)25(17-20)34-4/h7-8,11-12,16-17,19,21H,6,9-10,13-15,18H2,1-5H3. The second-order valence-electron chi connectivity index (χ2n) is 9.69. The zero-order valence-corrected chi connectivity index (χ0v) is 21.5. The molecule has 35 heavy (non-hydrogen) atoms. The lowest BCUT2D eigenvalue weighted by atomic mass is 10.0. The molecule has 1 aliphatic rings. The van der Waals surface area contributed by atoms with Crippen LogP contribution in [0.25, 0.3) is 22.3 Å². The fraction of sp³-hybridized carbons (Fsp3) is 0.500. The van der Waals surface area contributed by atoms with Gasteiger partial charge < -0.3 is 19.1 Å². The minimum absolute atomic E-state index is 0.00759. The Labute approximate surface area is 207 Å². The molecule has 0 radical (unpaired) electrons. The second kappa shape index (κ2) is 11.1. The molecular weight excluding hydrogens is 442 g/mol. The molecule has 1 atom stereocenters. The molecule has 7 heteroatoms. The highest BCUT2D eigenvalue weighted by Gasteiger charge is 2.26. The number of hydrogen-bond donors (Lipinski definition) is 0. The molecule has 1 aromatic heterocycles. The third-order valence-electron chi connectivity index (χ3n) is 6.76. The minimum Gasteiger partial charge on any atom is -0.493 e. The van der Waals surface area contributed by atoms with Gasteiger partial charge >= 0.3 is 0 Å². The van der Waals surface area contributed by atoms with E-state index < -0.39 is 0 Å². The number of aromatic nitrogens is 2. The summed E-state index contributed by atoms with van der Waals surface area (Å²) in [5.41, 5.74) is 1.43. The van der Waals surface area contributed by atoms with E-state index in [1.807, 2.05) is 41.0 Å². The molecule has 3 aromatic rings. The molecule has 4 rings (SSSR count). The van der Waals surface area contributed by atoms with Gasteiger partial charge in [0.05, 0.1) is 38.3 Å². The molecule has 1 saturated heterocycles. The van der Waals surface area contributed by atoms with E-state index in [1.54, 1.807) is 21.3 Å². The monoisotopic (exact) mass is 479 g/mol. The summed E-state index contributed by atoms with van der Waals surface area (Å²) < 4.78 is 18.7. The summed E-state index contributed by atoms with van der Waals surface area (Å²) in [7, 11) is 4.78. The Balaban J connectivity index is 1.95. The first kappa shape index (κ1) is 25.0. The van der Waals surface area contributed by atoms with E-state index in [2.05, 4.69) is 18.7 Å². The van der Waals surface area contributed by atoms with Gasteiger partial charge in [-0.3, -0.25) is 9.36 Å². The van der Waals surface area contributed by atoms with Crippen molar-refractivity contribution in [3.05, 3.63) is 46.8 Å². The maximum Gasteiger partial charge on any atom is 0.261 e. The maximum atomic E-state index is 14.0. The van der Waals surface area contributed by atoms with Gasteiger partial charge in [0.1, 0.15) is 5.82 Å². The molecular formula is C28H37N3O4. The molecule has 0 aliphatic carbocycles. The quantitative estimate of drug-likeness (QED) is 0.422. The van der Waals surface area contributed by atoms with Crippen LogP contribution in [0.5, 0.6) is 17.2 Å². The van der Waals surface area contributed by atoms with Crippen molar-refractivity contribution in [1.82, 2.24) is 14.5 Å². The average molecular weight is 480 g/mol. The molecule has 1 unspecified atom stereocenters. The number of para-hydroxylation sites is 1. The Bertz CT molecular complexity index is 1190. The van der Waals surface area contributed by atoms with Crippen LogP contribution in [0, 0.1) is 5.92 Å². The van der Waals surface area contributed by atoms with Gasteiger partial charge in [0, 0.05) is 12.1 Å². The van der Waals surface area contributed by atoms with Crippen molar-refractivity contribution in [2.45, 2.75) is 45.6 Å². The molecule has 188 valence electrons. The number of fused-ring (bicyclic) bond motifs is 1. The van der Waals surface area contributed by atoms with Gasteiger partial charge in [0.2, 0.25) is 5.75 Å². The van der Waals surface area contributed by atoms with E-state index in [0.29, 0.717) is 39.9 Å². The molecule has 0 N–H and O–H groups in total. The van der Waals surface area contributed by atoms with Crippen LogP contribution in [-0.4, -0.2) is 55.4 Å². The molecule has 2 heterocycles. The van der Waals surface area contributed by atoms with Crippen LogP contribution in [0.2, 0.25) is 0 Å². The predicted octanol–water partition coefficient (Wildman–Crippen LogP) is 5.16. The highest BCUT2D eigenvalue weighted by atomic mass is 16.5. The third kappa shape index (κ3) is 5.30. The molecule has 0 saturated carbocycles. The number of methoxy groups -OCH3 is 3. The van der Waals surface area contributed by atoms with Crippen molar-refractivity contribution in [1.29, 1.82) is 0 Å². The highest BCUT2D eigenvalue weighted by molar-refractivity contribution is 5.80. The molecule has 0 bridgehead atoms. The fourth-order valence-electron chi connectivity index (χ4n) is 5.14. The van der Waals surface area contributed by atoms with Crippen LogP contribution in [0.15, 0.2) is 41.2 Å². The van der Waals surface area contributed by atoms with Crippen LogP contribution in [0.1, 0.15) is 45.6 Å². The zero-order chi connectivity index (χ0) is 24.9. The summed E-state index contributed by atoms with van der Waals surface area (Å²) in [6.45, 7) is 7.40. The first-order valence-corrected chi connectivity index (χ1v) is 12.5. The number of nitrogens with zero attached hydrogens (tertiary/aromatic N) is 3. The smallest absolute Gasteiger partial charge is 0.261 e. The largest absolute Gasteiger partial charge is 0.493 e. The van der Waals surface area contributed by atoms with Gasteiger partial charge in [0.15, 0.2) is 11.5 Å². The SMILES string of the molecule is COc1cc(-c2nc3ccccc3c(=O)n2C(CC(C)C)CN2CCCCC2)cc(OC)c1OC. The highest BCUT2D eigenvalue weighted by Crippen LogP contribution is 2.41. The van der Waals surface area contributed by atoms with Gasteiger partial charge in [-0.05, 0) is 62.5 Å². The maximum absolute atomic E-state index is 14.0. The van der Waals surface area contributed by atoms with Crippen LogP contribution < -0.4 is 19.8 Å². The third-order valence-corrected chi connectivity index (χ3v) is 6.76. The van der Waals surface area contributed by atoms with E-state index in [9.17, 15) is 4.79 Å². The molecule has 1 fully saturated rings. The molecule has 0 amide bonds. The number of piperidine rings is 1. The van der Waals surface area contributed by atoms with E-state index in [-0.39, 0.29) is 11.6 Å². The summed E-state index contributed by atoms with van der Waals surface area (Å²) in [5, 5.41) is 0.635. The van der Waals surface area contributed by atoms with Crippen molar-refractivity contribution < 1.29 is 14.2 Å². The fourth-order valence-corrected chi connectivity index (χ4v) is 5.14. The Morgan fingerprint density at radius 2 is 1.60 bits per heavy atom. The topological polar surface area (TPSA) is 65.8 Å². The van der Waals surface area contributed by atoms with Gasteiger partial charge in [-0.25, -0.2) is 4.98 Å². The van der Waals surface area contributed by atoms with Crippen molar-refractivity contribution in [3.63, 3.8) is 0 Å². The summed E-state index contributed by atoms with van der Waals surface area (Å²) >= 11 is 0. The van der Waals surface area contributed by atoms with Crippen LogP contribution in [0.4, 0.5) is 0 Å². The van der Waals surface area contributed by atoms with E-state index in [1.165, 1.54) is 19.3 Å². The van der Waals surface area contributed by atoms with Crippen molar-refractivity contribution in [2.24, 2.45) is 5.92 Å². The first-order chi connectivity index (χ1) is 17.0. The zero-order valence-electron chi connectivity index (χ0n) is 21.5. The molecule has 1 aliphatic heterocycles. The Hall–Kier alpha value is -3.06. The normalized spacial score (nSPS) is 15.4. The van der Waals surface area contributed by atoms with Gasteiger partial charge in [-0.1, -0.05) is 32.4 Å². The van der Waals surface area contributed by atoms with E-state index >= 15 is 0 Å². The van der Waals surface area contributed by atoms with Crippen molar-refractivity contribution in [2.75, 3.05) is 41.0 Å². The van der Waals surface area contributed by atoms with E-state index in [0.717, 1.165) is 31.6 Å². The summed E-state index contributed by atoms with van der Waals surface area (Å²) in [4.78, 5) is 21.6. The molecule has 0 spiro atoms. The molecule has 7 nitrogen and oxygen atoms in total. The molecule has 2 aromatic carbocycles. The first-order valence-electron chi connectivity index (χ1n) is 12.5. The average Bonchev–Trinajstić information content (AvgIpc) is 2.87. The van der Waals surface area contributed by atoms with Gasteiger partial charge in [-0.15, -0.1) is 0 Å². The lowest BCUT2D eigenvalue weighted by Gasteiger charge is -2.33. The number of likely N-dealkylation sites (tertiary alicyclic amines) is 1. The summed E-state index contributed by atoms with van der Waals surface area (Å²) in [6, 6.07) is 11.3. The second-order valence-corrected chi connectivity index (χ2v) is 9.69. The van der Waals surface area contributed by atoms with E-state index in [4.69, 9.17) is 19.2 Å². The Morgan fingerprint density at radius 1 is 0.943 bits per heavy atom. The van der Waals surface area contributed by atoms with Gasteiger partial charge in [-0.2, -0.15) is 0 Å². The Morgan fingerprint density at radius 3 is 2.20 bits per heavy atom. The van der Waals surface area contributed by atoms with Crippen LogP contribution in [0.3, 0.4) is 0 Å². The van der Waals surface area contributed by atoms with Crippen molar-refractivity contribution >= 4 is 10.9 Å². The Kier molecular flexibility index (Phi) is 7.96. The number of rotatable bonds is 9. The van der Waals surface area contributed by atoms with Gasteiger partial charge in [0.25, 0.3) is 5.56 Å². The van der Waals surface area contributed by atoms with Crippen LogP contribution >= 0.6 is 0 Å². The number of benzene rings is 2. The summed E-state index contributed by atoms with van der Waals surface area (Å²) in [6.07, 6.45) is 4.57. The lowest BCUT2D eigenvalue weighted by molar-refractivity contribution is 0.184. The summed E-state index contributed by atoms with van der Waals surface area (Å²) in [5.74, 6) is 2.63. The lowest BCUT2D eigenvalue weighted by Crippen LogP contribution is -2.39. The number of hydrogen-bond acceptors (Lipinski definition) is 6. The van der Waals surface area contributed by atoms with Crippen LogP contribution in [-0.2, 0) is 0 Å². The minimum atomic E-state index is -0.0120. The predicted molar refractivity (Wildman–Crippen MR) is 140 cm³/mol.